The molecule has 2 rings (SSSR count). The van der Waals surface area contributed by atoms with Crippen molar-refractivity contribution < 1.29 is 14.7 Å². The van der Waals surface area contributed by atoms with Crippen LogP contribution >= 0.6 is 0 Å². The van der Waals surface area contributed by atoms with Crippen LogP contribution in [0.4, 0.5) is 0 Å². The van der Waals surface area contributed by atoms with Gasteiger partial charge in [-0.1, -0.05) is 30.3 Å². The molecular formula is C14H17NO3. The molecule has 18 heavy (non-hydrogen) atoms. The third kappa shape index (κ3) is 2.96. The van der Waals surface area contributed by atoms with Crippen molar-refractivity contribution in [3.8, 4) is 0 Å². The molecule has 1 aliphatic heterocycles. The van der Waals surface area contributed by atoms with Crippen molar-refractivity contribution in [2.75, 3.05) is 13.1 Å². The number of hydrogen-bond donors (Lipinski definition) is 2. The number of aliphatic carboxylic acids is 1. The highest BCUT2D eigenvalue weighted by atomic mass is 16.4. The average molecular weight is 247 g/mol. The molecule has 2 atom stereocenters. The smallest absolute Gasteiger partial charge is 0.308 e. The van der Waals surface area contributed by atoms with Gasteiger partial charge in [-0.05, 0) is 18.9 Å². The fourth-order valence-electron chi connectivity index (χ4n) is 2.43. The monoisotopic (exact) mass is 247 g/mol. The van der Waals surface area contributed by atoms with Crippen molar-refractivity contribution >= 4 is 11.8 Å². The number of carboxylic acids is 1. The predicted octanol–water partition coefficient (Wildman–Crippen LogP) is 1.57. The second-order valence-corrected chi connectivity index (χ2v) is 4.69. The van der Waals surface area contributed by atoms with E-state index in [1.54, 1.807) is 12.1 Å². The summed E-state index contributed by atoms with van der Waals surface area (Å²) in [5.41, 5.74) is 0.667. The van der Waals surface area contributed by atoms with E-state index in [4.69, 9.17) is 5.11 Å². The van der Waals surface area contributed by atoms with E-state index >= 15 is 0 Å². The number of Topliss-reactive ketones (excluding diaryl/α,β-unsaturated/α-hetero) is 1. The van der Waals surface area contributed by atoms with Crippen LogP contribution in [0.25, 0.3) is 0 Å². The van der Waals surface area contributed by atoms with E-state index in [1.165, 1.54) is 0 Å². The minimum atomic E-state index is -0.812. The molecule has 4 nitrogen and oxygen atoms in total. The summed E-state index contributed by atoms with van der Waals surface area (Å²) in [5, 5.41) is 12.2. The number of carbonyl (C=O) groups is 2. The third-order valence-corrected chi connectivity index (χ3v) is 3.49. The quantitative estimate of drug-likeness (QED) is 0.793. The molecule has 0 bridgehead atoms. The molecule has 1 heterocycles. The van der Waals surface area contributed by atoms with Gasteiger partial charge in [0.1, 0.15) is 0 Å². The maximum atomic E-state index is 12.1. The van der Waals surface area contributed by atoms with Crippen LogP contribution in [0, 0.1) is 11.8 Å². The molecule has 2 unspecified atom stereocenters. The number of rotatable bonds is 4. The molecule has 0 aliphatic carbocycles. The predicted molar refractivity (Wildman–Crippen MR) is 67.5 cm³/mol. The van der Waals surface area contributed by atoms with Gasteiger partial charge in [0.2, 0.25) is 0 Å². The van der Waals surface area contributed by atoms with Crippen molar-refractivity contribution in [3.05, 3.63) is 35.9 Å². The summed E-state index contributed by atoms with van der Waals surface area (Å²) in [5.74, 6) is -1.29. The summed E-state index contributed by atoms with van der Waals surface area (Å²) in [4.78, 5) is 23.2. The van der Waals surface area contributed by atoms with Crippen LogP contribution in [0.5, 0.6) is 0 Å². The molecule has 1 saturated heterocycles. The van der Waals surface area contributed by atoms with E-state index in [1.807, 2.05) is 18.2 Å². The minimum absolute atomic E-state index is 0.0359. The van der Waals surface area contributed by atoms with Gasteiger partial charge < -0.3 is 10.4 Å². The van der Waals surface area contributed by atoms with E-state index < -0.39 is 11.9 Å². The Hall–Kier alpha value is -1.68. The Labute approximate surface area is 106 Å². The first-order chi connectivity index (χ1) is 8.68. The molecule has 1 aromatic carbocycles. The molecule has 1 fully saturated rings. The molecule has 0 spiro atoms. The highest BCUT2D eigenvalue weighted by Gasteiger charge is 2.32. The number of nitrogens with one attached hydrogen (secondary N) is 1. The maximum Gasteiger partial charge on any atom is 0.308 e. The van der Waals surface area contributed by atoms with Gasteiger partial charge in [0.25, 0.3) is 0 Å². The minimum Gasteiger partial charge on any atom is -0.481 e. The number of ketones is 1. The number of hydrogen-bond acceptors (Lipinski definition) is 3. The van der Waals surface area contributed by atoms with Gasteiger partial charge in [0.05, 0.1) is 5.92 Å². The lowest BCUT2D eigenvalue weighted by Gasteiger charge is -2.28. The molecule has 1 aliphatic rings. The van der Waals surface area contributed by atoms with E-state index in [0.717, 1.165) is 13.0 Å². The summed E-state index contributed by atoms with van der Waals surface area (Å²) >= 11 is 0. The topological polar surface area (TPSA) is 66.4 Å². The van der Waals surface area contributed by atoms with Crippen LogP contribution in [0.15, 0.2) is 30.3 Å². The number of carbonyl (C=O) groups excluding carboxylic acids is 1. The average Bonchev–Trinajstić information content (AvgIpc) is 2.40. The zero-order chi connectivity index (χ0) is 13.0. The van der Waals surface area contributed by atoms with Crippen molar-refractivity contribution in [1.82, 2.24) is 5.32 Å². The molecule has 0 aromatic heterocycles. The Morgan fingerprint density at radius 2 is 2.00 bits per heavy atom. The number of benzene rings is 1. The van der Waals surface area contributed by atoms with Gasteiger partial charge in [-0.2, -0.15) is 0 Å². The van der Waals surface area contributed by atoms with Crippen molar-refractivity contribution in [3.63, 3.8) is 0 Å². The summed E-state index contributed by atoms with van der Waals surface area (Å²) in [6.07, 6.45) is 1.07. The molecule has 1 aromatic rings. The van der Waals surface area contributed by atoms with Crippen LogP contribution in [0.3, 0.4) is 0 Å². The van der Waals surface area contributed by atoms with E-state index in [0.29, 0.717) is 18.5 Å². The SMILES string of the molecule is O=C(CC1CCNCC1C(=O)O)c1ccccc1. The zero-order valence-electron chi connectivity index (χ0n) is 10.1. The fraction of sp³-hybridized carbons (Fsp3) is 0.429. The Kier molecular flexibility index (Phi) is 4.10. The van der Waals surface area contributed by atoms with Gasteiger partial charge in [-0.3, -0.25) is 9.59 Å². The summed E-state index contributed by atoms with van der Waals surface area (Å²) < 4.78 is 0. The van der Waals surface area contributed by atoms with Gasteiger partial charge >= 0.3 is 5.97 Å². The van der Waals surface area contributed by atoms with Crippen molar-refractivity contribution in [2.24, 2.45) is 11.8 Å². The molecule has 0 saturated carbocycles. The number of piperidine rings is 1. The molecule has 4 heteroatoms. The van der Waals surface area contributed by atoms with Gasteiger partial charge in [-0.25, -0.2) is 0 Å². The van der Waals surface area contributed by atoms with Gasteiger partial charge in [-0.15, -0.1) is 0 Å². The first-order valence-electron chi connectivity index (χ1n) is 6.20. The van der Waals surface area contributed by atoms with Crippen LogP contribution < -0.4 is 5.32 Å². The van der Waals surface area contributed by atoms with Gasteiger partial charge in [0, 0.05) is 18.5 Å². The van der Waals surface area contributed by atoms with Crippen LogP contribution in [-0.4, -0.2) is 29.9 Å². The molecule has 0 radical (unpaired) electrons. The Morgan fingerprint density at radius 3 is 2.67 bits per heavy atom. The first kappa shape index (κ1) is 12.8. The van der Waals surface area contributed by atoms with E-state index in [-0.39, 0.29) is 11.7 Å². The zero-order valence-corrected chi connectivity index (χ0v) is 10.1. The standard InChI is InChI=1S/C14H17NO3/c16-13(10-4-2-1-3-5-10)8-11-6-7-15-9-12(11)14(17)18/h1-5,11-12,15H,6-9H2,(H,17,18). The Balaban J connectivity index is 2.03. The molecular weight excluding hydrogens is 230 g/mol. The van der Waals surface area contributed by atoms with E-state index in [2.05, 4.69) is 5.32 Å². The maximum absolute atomic E-state index is 12.1. The Morgan fingerprint density at radius 1 is 1.28 bits per heavy atom. The largest absolute Gasteiger partial charge is 0.481 e. The lowest BCUT2D eigenvalue weighted by atomic mass is 9.82. The summed E-state index contributed by atoms with van der Waals surface area (Å²) in [6, 6.07) is 9.06. The van der Waals surface area contributed by atoms with Gasteiger partial charge in [0.15, 0.2) is 5.78 Å². The normalized spacial score (nSPS) is 23.6. The van der Waals surface area contributed by atoms with Crippen LogP contribution in [-0.2, 0) is 4.79 Å². The molecule has 2 N–H and O–H groups in total. The van der Waals surface area contributed by atoms with Crippen LogP contribution in [0.2, 0.25) is 0 Å². The lowest BCUT2D eigenvalue weighted by Crippen LogP contribution is -2.41. The highest BCUT2D eigenvalue weighted by molar-refractivity contribution is 5.96. The first-order valence-corrected chi connectivity index (χ1v) is 6.20. The second kappa shape index (κ2) is 5.78. The Bertz CT molecular complexity index is 430. The molecule has 96 valence electrons. The summed E-state index contributed by atoms with van der Waals surface area (Å²) in [6.45, 7) is 1.25. The van der Waals surface area contributed by atoms with Crippen molar-refractivity contribution in [2.45, 2.75) is 12.8 Å². The van der Waals surface area contributed by atoms with E-state index in [9.17, 15) is 9.59 Å². The third-order valence-electron chi connectivity index (χ3n) is 3.49. The molecule has 0 amide bonds. The second-order valence-electron chi connectivity index (χ2n) is 4.69. The highest BCUT2D eigenvalue weighted by Crippen LogP contribution is 2.24. The van der Waals surface area contributed by atoms with Crippen molar-refractivity contribution in [1.29, 1.82) is 0 Å². The lowest BCUT2D eigenvalue weighted by molar-refractivity contribution is -0.144. The number of carboxylic acid groups (broad SMARTS) is 1. The van der Waals surface area contributed by atoms with Crippen LogP contribution in [0.1, 0.15) is 23.2 Å². The summed E-state index contributed by atoms with van der Waals surface area (Å²) in [7, 11) is 0. The fourth-order valence-corrected chi connectivity index (χ4v) is 2.43.